The normalized spacial score (nSPS) is 16.9. The fraction of sp³-hybridized carbons (Fsp3) is 0.548. The highest BCUT2D eigenvalue weighted by Gasteiger charge is 2.26. The van der Waals surface area contributed by atoms with Crippen LogP contribution in [0.15, 0.2) is 42.5 Å². The van der Waals surface area contributed by atoms with Gasteiger partial charge in [0, 0.05) is 18.8 Å². The van der Waals surface area contributed by atoms with Gasteiger partial charge >= 0.3 is 5.97 Å². The number of ether oxygens (including phenoxy) is 2. The lowest BCUT2D eigenvalue weighted by Gasteiger charge is -2.33. The third-order valence-corrected chi connectivity index (χ3v) is 7.59. The zero-order valence-electron chi connectivity index (χ0n) is 22.5. The van der Waals surface area contributed by atoms with Crippen LogP contribution in [-0.4, -0.2) is 38.2 Å². The number of benzene rings is 2. The first-order chi connectivity index (χ1) is 18.1. The van der Waals surface area contributed by atoms with Crippen molar-refractivity contribution >= 4 is 17.6 Å². The molecular weight excluding hydrogens is 464 g/mol. The minimum atomic E-state index is -0.409. The van der Waals surface area contributed by atoms with E-state index in [9.17, 15) is 9.59 Å². The number of hydrogen-bond donors (Lipinski definition) is 1. The Morgan fingerprint density at radius 1 is 0.973 bits per heavy atom. The molecule has 1 atom stereocenters. The molecule has 0 bridgehead atoms. The van der Waals surface area contributed by atoms with Crippen LogP contribution in [-0.2, 0) is 16.0 Å². The van der Waals surface area contributed by atoms with Crippen LogP contribution >= 0.6 is 0 Å². The highest BCUT2D eigenvalue weighted by Crippen LogP contribution is 2.37. The summed E-state index contributed by atoms with van der Waals surface area (Å²) in [4.78, 5) is 28.2. The van der Waals surface area contributed by atoms with E-state index in [1.54, 1.807) is 19.1 Å². The molecule has 1 heterocycles. The molecule has 37 heavy (non-hydrogen) atoms. The highest BCUT2D eigenvalue weighted by atomic mass is 16.5. The molecule has 0 aromatic heterocycles. The van der Waals surface area contributed by atoms with Gasteiger partial charge in [0.15, 0.2) is 0 Å². The maximum absolute atomic E-state index is 13.4. The van der Waals surface area contributed by atoms with Gasteiger partial charge in [0.25, 0.3) is 0 Å². The van der Waals surface area contributed by atoms with Gasteiger partial charge in [0.05, 0.1) is 25.7 Å². The molecule has 1 saturated carbocycles. The van der Waals surface area contributed by atoms with E-state index in [1.165, 1.54) is 56.2 Å². The van der Waals surface area contributed by atoms with Gasteiger partial charge in [-0.05, 0) is 74.8 Å². The van der Waals surface area contributed by atoms with Crippen molar-refractivity contribution in [1.82, 2.24) is 5.32 Å². The number of amides is 1. The molecule has 0 radical (unpaired) electrons. The fourth-order valence-corrected chi connectivity index (χ4v) is 5.81. The molecule has 1 unspecified atom stereocenters. The summed E-state index contributed by atoms with van der Waals surface area (Å²) in [7, 11) is 0. The molecule has 6 nitrogen and oxygen atoms in total. The van der Waals surface area contributed by atoms with Gasteiger partial charge in [-0.15, -0.1) is 0 Å². The number of para-hydroxylation sites is 1. The lowest BCUT2D eigenvalue weighted by molar-refractivity contribution is -0.121. The Morgan fingerprint density at radius 3 is 2.46 bits per heavy atom. The number of nitrogens with one attached hydrogen (secondary N) is 1. The standard InChI is InChI=1S/C31H42N2O4/c1-3-36-29-21-24(16-17-26(29)31(35)37-4-2)22-30(34)32-27(20-23-12-6-7-13-23)25-14-8-9-15-28(25)33-18-10-5-11-19-33/h8-9,14-17,21,23,27H,3-7,10-13,18-20,22H2,1-2H3,(H,32,34). The molecule has 1 N–H and O–H groups in total. The SMILES string of the molecule is CCOC(=O)c1ccc(CC(=O)NC(CC2CCCC2)c2ccccc2N2CCCCC2)cc1OCC. The Bertz CT molecular complexity index is 1040. The van der Waals surface area contributed by atoms with Crippen LogP contribution in [0.25, 0.3) is 0 Å². The summed E-state index contributed by atoms with van der Waals surface area (Å²) in [6.45, 7) is 6.54. The Kier molecular flexibility index (Phi) is 9.86. The van der Waals surface area contributed by atoms with Crippen molar-refractivity contribution in [3.8, 4) is 5.75 Å². The van der Waals surface area contributed by atoms with Crippen LogP contribution in [0.1, 0.15) is 92.7 Å². The molecule has 1 aliphatic carbocycles. The summed E-state index contributed by atoms with van der Waals surface area (Å²) in [5.74, 6) is 0.688. The number of piperidine rings is 1. The van der Waals surface area contributed by atoms with Gasteiger partial charge in [-0.3, -0.25) is 4.79 Å². The van der Waals surface area contributed by atoms with E-state index in [0.29, 0.717) is 30.4 Å². The van der Waals surface area contributed by atoms with Crippen molar-refractivity contribution in [3.05, 3.63) is 59.2 Å². The lowest BCUT2D eigenvalue weighted by atomic mass is 9.91. The average molecular weight is 507 g/mol. The molecule has 2 aliphatic rings. The fourth-order valence-electron chi connectivity index (χ4n) is 5.81. The largest absolute Gasteiger partial charge is 0.493 e. The van der Waals surface area contributed by atoms with E-state index in [4.69, 9.17) is 9.47 Å². The third-order valence-electron chi connectivity index (χ3n) is 7.59. The van der Waals surface area contributed by atoms with Crippen molar-refractivity contribution < 1.29 is 19.1 Å². The highest BCUT2D eigenvalue weighted by molar-refractivity contribution is 5.93. The van der Waals surface area contributed by atoms with Crippen LogP contribution < -0.4 is 15.0 Å². The molecule has 4 rings (SSSR count). The minimum Gasteiger partial charge on any atom is -0.493 e. The number of rotatable bonds is 11. The number of esters is 1. The van der Waals surface area contributed by atoms with Gasteiger partial charge in [-0.2, -0.15) is 0 Å². The zero-order valence-corrected chi connectivity index (χ0v) is 22.5. The van der Waals surface area contributed by atoms with Crippen molar-refractivity contribution in [3.63, 3.8) is 0 Å². The first-order valence-corrected chi connectivity index (χ1v) is 14.1. The van der Waals surface area contributed by atoms with Crippen molar-refractivity contribution in [1.29, 1.82) is 0 Å². The summed E-state index contributed by atoms with van der Waals surface area (Å²) < 4.78 is 10.9. The van der Waals surface area contributed by atoms with Gasteiger partial charge in [-0.1, -0.05) is 49.9 Å². The molecular formula is C31H42N2O4. The van der Waals surface area contributed by atoms with Gasteiger partial charge in [0.1, 0.15) is 11.3 Å². The summed E-state index contributed by atoms with van der Waals surface area (Å²) in [5.41, 5.74) is 3.71. The number of hydrogen-bond acceptors (Lipinski definition) is 5. The van der Waals surface area contributed by atoms with E-state index in [1.807, 2.05) is 13.0 Å². The molecule has 2 fully saturated rings. The van der Waals surface area contributed by atoms with Crippen LogP contribution in [0.2, 0.25) is 0 Å². The predicted molar refractivity (Wildman–Crippen MR) is 147 cm³/mol. The molecule has 1 aliphatic heterocycles. The summed E-state index contributed by atoms with van der Waals surface area (Å²) in [5, 5.41) is 3.40. The number of carbonyl (C=O) groups excluding carboxylic acids is 2. The van der Waals surface area contributed by atoms with Gasteiger partial charge in [0.2, 0.25) is 5.91 Å². The minimum absolute atomic E-state index is 0.0113. The summed E-state index contributed by atoms with van der Waals surface area (Å²) in [6.07, 6.45) is 9.99. The molecule has 1 amide bonds. The van der Waals surface area contributed by atoms with Crippen molar-refractivity contribution in [2.24, 2.45) is 5.92 Å². The second-order valence-electron chi connectivity index (χ2n) is 10.3. The monoisotopic (exact) mass is 506 g/mol. The number of nitrogens with zero attached hydrogens (tertiary/aromatic N) is 1. The molecule has 0 spiro atoms. The Labute approximate surface area is 221 Å². The van der Waals surface area contributed by atoms with Crippen molar-refractivity contribution in [2.45, 2.75) is 77.7 Å². The van der Waals surface area contributed by atoms with Crippen molar-refractivity contribution in [2.75, 3.05) is 31.2 Å². The quantitative estimate of drug-likeness (QED) is 0.366. The summed E-state index contributed by atoms with van der Waals surface area (Å²) in [6, 6.07) is 13.9. The molecule has 1 saturated heterocycles. The number of anilines is 1. The average Bonchev–Trinajstić information content (AvgIpc) is 3.42. The molecule has 6 heteroatoms. The topological polar surface area (TPSA) is 67.9 Å². The first kappa shape index (κ1) is 27.0. The second kappa shape index (κ2) is 13.5. The van der Waals surface area contributed by atoms with E-state index in [2.05, 4.69) is 34.5 Å². The lowest BCUT2D eigenvalue weighted by Crippen LogP contribution is -2.34. The predicted octanol–water partition coefficient (Wildman–Crippen LogP) is 6.23. The van der Waals surface area contributed by atoms with E-state index >= 15 is 0 Å². The van der Waals surface area contributed by atoms with E-state index < -0.39 is 5.97 Å². The third kappa shape index (κ3) is 7.27. The van der Waals surface area contributed by atoms with Crippen LogP contribution in [0.4, 0.5) is 5.69 Å². The smallest absolute Gasteiger partial charge is 0.341 e. The van der Waals surface area contributed by atoms with Crippen LogP contribution in [0, 0.1) is 5.92 Å². The Balaban J connectivity index is 1.53. The van der Waals surface area contributed by atoms with Crippen LogP contribution in [0.3, 0.4) is 0 Å². The molecule has 2 aromatic carbocycles. The summed E-state index contributed by atoms with van der Waals surface area (Å²) >= 11 is 0. The first-order valence-electron chi connectivity index (χ1n) is 14.1. The maximum Gasteiger partial charge on any atom is 0.341 e. The Hall–Kier alpha value is -3.02. The van der Waals surface area contributed by atoms with Gasteiger partial charge in [-0.25, -0.2) is 4.79 Å². The van der Waals surface area contributed by atoms with E-state index in [-0.39, 0.29) is 18.4 Å². The second-order valence-corrected chi connectivity index (χ2v) is 10.3. The number of carbonyl (C=O) groups is 2. The van der Waals surface area contributed by atoms with Gasteiger partial charge < -0.3 is 19.7 Å². The van der Waals surface area contributed by atoms with Crippen LogP contribution in [0.5, 0.6) is 5.75 Å². The molecule has 200 valence electrons. The Morgan fingerprint density at radius 2 is 1.73 bits per heavy atom. The molecule has 2 aromatic rings. The zero-order chi connectivity index (χ0) is 26.0. The van der Waals surface area contributed by atoms with E-state index in [0.717, 1.165) is 25.1 Å². The maximum atomic E-state index is 13.4.